The van der Waals surface area contributed by atoms with Gasteiger partial charge in [-0.15, -0.1) is 0 Å². The molecule has 21 heavy (non-hydrogen) atoms. The second-order valence-corrected chi connectivity index (χ2v) is 4.48. The van der Waals surface area contributed by atoms with Crippen molar-refractivity contribution in [1.82, 2.24) is 10.3 Å². The van der Waals surface area contributed by atoms with Crippen LogP contribution in [0.25, 0.3) is 0 Å². The smallest absolute Gasteiger partial charge is 0.251 e. The van der Waals surface area contributed by atoms with E-state index >= 15 is 0 Å². The summed E-state index contributed by atoms with van der Waals surface area (Å²) in [7, 11) is 3.17. The lowest BCUT2D eigenvalue weighted by atomic mass is 10.1. The third kappa shape index (κ3) is 4.03. The number of rotatable bonds is 6. The summed E-state index contributed by atoms with van der Waals surface area (Å²) in [6.45, 7) is 0.825. The molecule has 5 nitrogen and oxygen atoms in total. The minimum absolute atomic E-state index is 0.126. The molecule has 0 atom stereocenters. The van der Waals surface area contributed by atoms with Crippen molar-refractivity contribution in [2.75, 3.05) is 14.2 Å². The molecule has 0 aliphatic rings. The van der Waals surface area contributed by atoms with Crippen molar-refractivity contribution in [1.29, 1.82) is 0 Å². The summed E-state index contributed by atoms with van der Waals surface area (Å²) in [5.41, 5.74) is 2.42. The molecule has 0 fully saturated rings. The Kier molecular flexibility index (Phi) is 5.29. The fourth-order valence-corrected chi connectivity index (χ4v) is 1.97. The number of carbonyl (C=O) groups excluding carboxylic acids is 1. The normalized spacial score (nSPS) is 10.2. The lowest BCUT2D eigenvalue weighted by Crippen LogP contribution is -2.24. The van der Waals surface area contributed by atoms with Crippen LogP contribution < -0.4 is 10.1 Å². The molecule has 5 heteroatoms. The molecule has 0 bridgehead atoms. The quantitative estimate of drug-likeness (QED) is 0.884. The van der Waals surface area contributed by atoms with Crippen molar-refractivity contribution in [2.24, 2.45) is 0 Å². The molecule has 2 aromatic rings. The van der Waals surface area contributed by atoms with Crippen molar-refractivity contribution in [2.45, 2.75) is 13.2 Å². The highest BCUT2D eigenvalue weighted by Crippen LogP contribution is 2.11. The topological polar surface area (TPSA) is 60.5 Å². The predicted molar refractivity (Wildman–Crippen MR) is 79.1 cm³/mol. The van der Waals surface area contributed by atoms with Crippen molar-refractivity contribution in [3.05, 3.63) is 59.3 Å². The summed E-state index contributed by atoms with van der Waals surface area (Å²) in [5.74, 6) is 0.403. The van der Waals surface area contributed by atoms with Crippen molar-refractivity contribution < 1.29 is 14.3 Å². The molecule has 2 rings (SSSR count). The van der Waals surface area contributed by atoms with Gasteiger partial charge in [-0.3, -0.25) is 4.79 Å². The third-order valence-electron chi connectivity index (χ3n) is 3.02. The Labute approximate surface area is 123 Å². The molecule has 0 saturated carbocycles. The maximum absolute atomic E-state index is 12.3. The molecule has 0 unspecified atom stereocenters. The van der Waals surface area contributed by atoms with Crippen LogP contribution in [-0.2, 0) is 17.9 Å². The Morgan fingerprint density at radius 3 is 2.81 bits per heavy atom. The van der Waals surface area contributed by atoms with Crippen LogP contribution in [0, 0.1) is 0 Å². The van der Waals surface area contributed by atoms with Crippen LogP contribution in [0.15, 0.2) is 42.6 Å². The summed E-state index contributed by atoms with van der Waals surface area (Å²) in [6.07, 6.45) is 1.65. The Morgan fingerprint density at radius 2 is 2.05 bits per heavy atom. The minimum Gasteiger partial charge on any atom is -0.481 e. The minimum atomic E-state index is -0.126. The summed E-state index contributed by atoms with van der Waals surface area (Å²) in [5, 5.41) is 2.89. The van der Waals surface area contributed by atoms with E-state index in [1.807, 2.05) is 24.3 Å². The van der Waals surface area contributed by atoms with Gasteiger partial charge in [0, 0.05) is 31.5 Å². The number of amides is 1. The number of ether oxygens (including phenoxy) is 2. The first kappa shape index (κ1) is 15.0. The summed E-state index contributed by atoms with van der Waals surface area (Å²) >= 11 is 0. The number of carbonyl (C=O) groups is 1. The second kappa shape index (κ2) is 7.40. The van der Waals surface area contributed by atoms with E-state index < -0.39 is 0 Å². The standard InChI is InChI=1S/C16H18N2O3/c1-20-11-13-5-3-4-6-14(13)16(19)18-10-12-7-8-17-15(9-12)21-2/h3-9H,10-11H2,1-2H3,(H,18,19). The van der Waals surface area contributed by atoms with Gasteiger partial charge in [0.1, 0.15) is 0 Å². The van der Waals surface area contributed by atoms with Crippen LogP contribution in [0.3, 0.4) is 0 Å². The fourth-order valence-electron chi connectivity index (χ4n) is 1.97. The Balaban J connectivity index is 2.04. The summed E-state index contributed by atoms with van der Waals surface area (Å²) < 4.78 is 10.2. The highest BCUT2D eigenvalue weighted by Gasteiger charge is 2.10. The molecular formula is C16H18N2O3. The molecular weight excluding hydrogens is 268 g/mol. The SMILES string of the molecule is COCc1ccccc1C(=O)NCc1ccnc(OC)c1. The molecule has 0 aliphatic carbocycles. The highest BCUT2D eigenvalue weighted by molar-refractivity contribution is 5.95. The number of nitrogens with zero attached hydrogens (tertiary/aromatic N) is 1. The number of aromatic nitrogens is 1. The third-order valence-corrected chi connectivity index (χ3v) is 3.02. The van der Waals surface area contributed by atoms with Gasteiger partial charge in [-0.05, 0) is 23.3 Å². The zero-order valence-electron chi connectivity index (χ0n) is 12.1. The molecule has 0 spiro atoms. The van der Waals surface area contributed by atoms with Crippen LogP contribution in [0.4, 0.5) is 0 Å². The maximum Gasteiger partial charge on any atom is 0.251 e. The molecule has 0 saturated heterocycles. The Hall–Kier alpha value is -2.40. The first-order valence-corrected chi connectivity index (χ1v) is 6.58. The molecule has 1 amide bonds. The zero-order valence-corrected chi connectivity index (χ0v) is 12.1. The number of methoxy groups -OCH3 is 2. The Bertz CT molecular complexity index is 614. The molecule has 1 N–H and O–H groups in total. The van der Waals surface area contributed by atoms with E-state index in [2.05, 4.69) is 10.3 Å². The molecule has 1 heterocycles. The predicted octanol–water partition coefficient (Wildman–Crippen LogP) is 2.17. The van der Waals surface area contributed by atoms with Gasteiger partial charge < -0.3 is 14.8 Å². The lowest BCUT2D eigenvalue weighted by molar-refractivity contribution is 0.0946. The highest BCUT2D eigenvalue weighted by atomic mass is 16.5. The van der Waals surface area contributed by atoms with E-state index in [1.165, 1.54) is 0 Å². The van der Waals surface area contributed by atoms with Crippen molar-refractivity contribution in [3.8, 4) is 5.88 Å². The number of hydrogen-bond donors (Lipinski definition) is 1. The van der Waals surface area contributed by atoms with E-state index in [-0.39, 0.29) is 5.91 Å². The Morgan fingerprint density at radius 1 is 1.24 bits per heavy atom. The van der Waals surface area contributed by atoms with Gasteiger partial charge in [0.05, 0.1) is 13.7 Å². The van der Waals surface area contributed by atoms with Gasteiger partial charge in [-0.2, -0.15) is 0 Å². The van der Waals surface area contributed by atoms with Crippen LogP contribution in [0.2, 0.25) is 0 Å². The van der Waals surface area contributed by atoms with Gasteiger partial charge in [0.25, 0.3) is 5.91 Å². The average molecular weight is 286 g/mol. The fraction of sp³-hybridized carbons (Fsp3) is 0.250. The van der Waals surface area contributed by atoms with Gasteiger partial charge in [-0.1, -0.05) is 18.2 Å². The maximum atomic E-state index is 12.3. The van der Waals surface area contributed by atoms with Crippen molar-refractivity contribution in [3.63, 3.8) is 0 Å². The molecule has 1 aromatic carbocycles. The number of benzene rings is 1. The first-order chi connectivity index (χ1) is 10.2. The van der Waals surface area contributed by atoms with Gasteiger partial charge in [0.2, 0.25) is 5.88 Å². The lowest BCUT2D eigenvalue weighted by Gasteiger charge is -2.10. The molecule has 1 aromatic heterocycles. The first-order valence-electron chi connectivity index (χ1n) is 6.58. The molecule has 0 radical (unpaired) electrons. The molecule has 0 aliphatic heterocycles. The number of nitrogens with one attached hydrogen (secondary N) is 1. The summed E-state index contributed by atoms with van der Waals surface area (Å²) in [6, 6.07) is 11.0. The van der Waals surface area contributed by atoms with E-state index in [1.54, 1.807) is 32.5 Å². The van der Waals surface area contributed by atoms with E-state index in [0.717, 1.165) is 11.1 Å². The van der Waals surface area contributed by atoms with Gasteiger partial charge in [0.15, 0.2) is 0 Å². The van der Waals surface area contributed by atoms with Crippen LogP contribution in [0.5, 0.6) is 5.88 Å². The van der Waals surface area contributed by atoms with Crippen LogP contribution in [-0.4, -0.2) is 25.1 Å². The van der Waals surface area contributed by atoms with Crippen LogP contribution in [0.1, 0.15) is 21.5 Å². The average Bonchev–Trinajstić information content (AvgIpc) is 2.53. The zero-order chi connectivity index (χ0) is 15.1. The largest absolute Gasteiger partial charge is 0.481 e. The van der Waals surface area contributed by atoms with Gasteiger partial charge in [-0.25, -0.2) is 4.98 Å². The van der Waals surface area contributed by atoms with Crippen LogP contribution >= 0.6 is 0 Å². The van der Waals surface area contributed by atoms with E-state index in [4.69, 9.17) is 9.47 Å². The monoisotopic (exact) mass is 286 g/mol. The molecule has 110 valence electrons. The second-order valence-electron chi connectivity index (χ2n) is 4.48. The van der Waals surface area contributed by atoms with Gasteiger partial charge >= 0.3 is 0 Å². The number of pyridine rings is 1. The van der Waals surface area contributed by atoms with E-state index in [0.29, 0.717) is 24.6 Å². The summed E-state index contributed by atoms with van der Waals surface area (Å²) in [4.78, 5) is 16.3. The number of hydrogen-bond acceptors (Lipinski definition) is 4. The van der Waals surface area contributed by atoms with E-state index in [9.17, 15) is 4.79 Å². The van der Waals surface area contributed by atoms with Crippen molar-refractivity contribution >= 4 is 5.91 Å².